The van der Waals surface area contributed by atoms with Gasteiger partial charge in [-0.05, 0) is 45.4 Å². The van der Waals surface area contributed by atoms with E-state index in [4.69, 9.17) is 10.5 Å². The molecule has 0 saturated carbocycles. The zero-order valence-corrected chi connectivity index (χ0v) is 14.2. The van der Waals surface area contributed by atoms with Crippen LogP contribution in [0.15, 0.2) is 24.3 Å². The van der Waals surface area contributed by atoms with E-state index in [1.54, 1.807) is 4.90 Å². The van der Waals surface area contributed by atoms with E-state index >= 15 is 0 Å². The van der Waals surface area contributed by atoms with Crippen molar-refractivity contribution in [2.24, 2.45) is 0 Å². The molecule has 6 nitrogen and oxygen atoms in total. The minimum Gasteiger partial charge on any atom is -0.444 e. The molecular formula is C17H25N3O3. The Morgan fingerprint density at radius 2 is 1.91 bits per heavy atom. The Kier molecular flexibility index (Phi) is 4.82. The molecule has 1 heterocycles. The second-order valence-electron chi connectivity index (χ2n) is 6.97. The molecule has 1 aromatic rings. The van der Waals surface area contributed by atoms with Crippen LogP contribution in [0.3, 0.4) is 0 Å². The van der Waals surface area contributed by atoms with Crippen LogP contribution in [0, 0.1) is 0 Å². The fraction of sp³-hybridized carbons (Fsp3) is 0.529. The molecule has 1 aliphatic heterocycles. The second-order valence-corrected chi connectivity index (χ2v) is 6.97. The zero-order valence-electron chi connectivity index (χ0n) is 14.2. The van der Waals surface area contributed by atoms with Crippen LogP contribution in [0.4, 0.5) is 10.5 Å². The number of anilines is 1. The monoisotopic (exact) mass is 319 g/mol. The Labute approximate surface area is 137 Å². The third-order valence-corrected chi connectivity index (χ3v) is 3.65. The van der Waals surface area contributed by atoms with Crippen LogP contribution in [0.2, 0.25) is 0 Å². The van der Waals surface area contributed by atoms with Gasteiger partial charge in [-0.15, -0.1) is 0 Å². The van der Waals surface area contributed by atoms with Crippen molar-refractivity contribution in [2.75, 3.05) is 18.8 Å². The molecule has 1 aromatic carbocycles. The summed E-state index contributed by atoms with van der Waals surface area (Å²) >= 11 is 0. The Morgan fingerprint density at radius 3 is 2.43 bits per heavy atom. The van der Waals surface area contributed by atoms with Gasteiger partial charge in [0, 0.05) is 24.8 Å². The number of benzene rings is 1. The number of hydrogen-bond acceptors (Lipinski definition) is 4. The lowest BCUT2D eigenvalue weighted by molar-refractivity contribution is -0.139. The molecule has 0 aromatic heterocycles. The van der Waals surface area contributed by atoms with E-state index in [1.165, 1.54) is 4.90 Å². The summed E-state index contributed by atoms with van der Waals surface area (Å²) in [6.07, 6.45) is -0.440. The van der Waals surface area contributed by atoms with Crippen LogP contribution in [-0.4, -0.2) is 46.5 Å². The standard InChI is InChI=1S/C17H25N3O3/c1-12-9-19(16(22)23-17(2,3)4)11-15(21)20(12)10-13-5-7-14(18)8-6-13/h5-8,12H,9-11,18H2,1-4H3. The maximum Gasteiger partial charge on any atom is 0.410 e. The van der Waals surface area contributed by atoms with Crippen molar-refractivity contribution in [3.63, 3.8) is 0 Å². The summed E-state index contributed by atoms with van der Waals surface area (Å²) in [6, 6.07) is 7.40. The maximum absolute atomic E-state index is 12.4. The van der Waals surface area contributed by atoms with E-state index in [2.05, 4.69) is 0 Å². The van der Waals surface area contributed by atoms with Gasteiger partial charge in [-0.3, -0.25) is 9.69 Å². The number of ether oxygens (including phenoxy) is 1. The van der Waals surface area contributed by atoms with Crippen molar-refractivity contribution in [2.45, 2.75) is 45.9 Å². The highest BCUT2D eigenvalue weighted by molar-refractivity contribution is 5.84. The van der Waals surface area contributed by atoms with Gasteiger partial charge >= 0.3 is 6.09 Å². The third kappa shape index (κ3) is 4.61. The van der Waals surface area contributed by atoms with Gasteiger partial charge in [-0.1, -0.05) is 12.1 Å². The molecule has 126 valence electrons. The number of carbonyl (C=O) groups excluding carboxylic acids is 2. The van der Waals surface area contributed by atoms with Crippen molar-refractivity contribution in [3.05, 3.63) is 29.8 Å². The predicted molar refractivity (Wildman–Crippen MR) is 88.7 cm³/mol. The van der Waals surface area contributed by atoms with E-state index in [0.29, 0.717) is 18.8 Å². The van der Waals surface area contributed by atoms with E-state index in [9.17, 15) is 9.59 Å². The van der Waals surface area contributed by atoms with Crippen LogP contribution >= 0.6 is 0 Å². The molecule has 1 unspecified atom stereocenters. The van der Waals surface area contributed by atoms with Crippen LogP contribution in [0.25, 0.3) is 0 Å². The third-order valence-electron chi connectivity index (χ3n) is 3.65. The number of carbonyl (C=O) groups is 2. The van der Waals surface area contributed by atoms with E-state index < -0.39 is 11.7 Å². The van der Waals surface area contributed by atoms with Crippen molar-refractivity contribution < 1.29 is 14.3 Å². The lowest BCUT2D eigenvalue weighted by Crippen LogP contribution is -2.57. The molecule has 2 rings (SSSR count). The Morgan fingerprint density at radius 1 is 1.30 bits per heavy atom. The zero-order chi connectivity index (χ0) is 17.2. The van der Waals surface area contributed by atoms with Crippen LogP contribution in [0.1, 0.15) is 33.3 Å². The normalized spacial score (nSPS) is 19.0. The van der Waals surface area contributed by atoms with Crippen molar-refractivity contribution in [3.8, 4) is 0 Å². The number of nitrogen functional groups attached to an aromatic ring is 1. The Bertz CT molecular complexity index is 578. The van der Waals surface area contributed by atoms with Crippen LogP contribution in [0.5, 0.6) is 0 Å². The van der Waals surface area contributed by atoms with E-state index in [1.807, 2.05) is 52.0 Å². The molecule has 6 heteroatoms. The first-order valence-corrected chi connectivity index (χ1v) is 7.77. The fourth-order valence-corrected chi connectivity index (χ4v) is 2.51. The lowest BCUT2D eigenvalue weighted by atomic mass is 10.1. The van der Waals surface area contributed by atoms with E-state index in [-0.39, 0.29) is 18.5 Å². The number of amides is 2. The van der Waals surface area contributed by atoms with E-state index in [0.717, 1.165) is 5.56 Å². The molecule has 1 aliphatic rings. The smallest absolute Gasteiger partial charge is 0.410 e. The van der Waals surface area contributed by atoms with Gasteiger partial charge in [0.25, 0.3) is 0 Å². The van der Waals surface area contributed by atoms with Gasteiger partial charge < -0.3 is 15.4 Å². The SMILES string of the molecule is CC1CN(C(=O)OC(C)(C)C)CC(=O)N1Cc1ccc(N)cc1. The Hall–Kier alpha value is -2.24. The molecule has 1 atom stereocenters. The minimum atomic E-state index is -0.565. The summed E-state index contributed by atoms with van der Waals surface area (Å²) in [5.74, 6) is -0.0774. The number of rotatable bonds is 2. The predicted octanol–water partition coefficient (Wildman–Crippen LogP) is 2.24. The first-order valence-electron chi connectivity index (χ1n) is 7.77. The molecule has 0 bridgehead atoms. The minimum absolute atomic E-state index is 0.0498. The highest BCUT2D eigenvalue weighted by atomic mass is 16.6. The lowest BCUT2D eigenvalue weighted by Gasteiger charge is -2.39. The molecule has 1 fully saturated rings. The van der Waals surface area contributed by atoms with Crippen LogP contribution < -0.4 is 5.73 Å². The Balaban J connectivity index is 2.00. The summed E-state index contributed by atoms with van der Waals surface area (Å²) in [4.78, 5) is 27.8. The van der Waals surface area contributed by atoms with Crippen molar-refractivity contribution in [1.82, 2.24) is 9.80 Å². The first kappa shape index (κ1) is 17.1. The second kappa shape index (κ2) is 6.48. The first-order chi connectivity index (χ1) is 10.7. The molecule has 1 saturated heterocycles. The summed E-state index contributed by atoms with van der Waals surface area (Å²) in [5.41, 5.74) is 6.83. The molecule has 2 amide bonds. The van der Waals surface area contributed by atoms with Gasteiger partial charge in [-0.25, -0.2) is 4.79 Å². The summed E-state index contributed by atoms with van der Waals surface area (Å²) in [6.45, 7) is 8.41. The van der Waals surface area contributed by atoms with Crippen molar-refractivity contribution >= 4 is 17.7 Å². The topological polar surface area (TPSA) is 75.9 Å². The molecular weight excluding hydrogens is 294 g/mol. The highest BCUT2D eigenvalue weighted by Gasteiger charge is 2.34. The molecule has 0 spiro atoms. The summed E-state index contributed by atoms with van der Waals surface area (Å²) < 4.78 is 5.34. The molecule has 2 N–H and O–H groups in total. The van der Waals surface area contributed by atoms with Gasteiger partial charge in [0.1, 0.15) is 12.1 Å². The van der Waals surface area contributed by atoms with Crippen molar-refractivity contribution in [1.29, 1.82) is 0 Å². The van der Waals surface area contributed by atoms with Gasteiger partial charge in [-0.2, -0.15) is 0 Å². The van der Waals surface area contributed by atoms with Crippen LogP contribution in [-0.2, 0) is 16.1 Å². The molecule has 23 heavy (non-hydrogen) atoms. The summed E-state index contributed by atoms with van der Waals surface area (Å²) in [7, 11) is 0. The average Bonchev–Trinajstić information content (AvgIpc) is 2.42. The van der Waals surface area contributed by atoms with Gasteiger partial charge in [0.05, 0.1) is 0 Å². The number of nitrogens with zero attached hydrogens (tertiary/aromatic N) is 2. The van der Waals surface area contributed by atoms with Gasteiger partial charge in [0.15, 0.2) is 0 Å². The number of nitrogens with two attached hydrogens (primary N) is 1. The average molecular weight is 319 g/mol. The largest absolute Gasteiger partial charge is 0.444 e. The number of piperazine rings is 1. The molecule has 0 aliphatic carbocycles. The van der Waals surface area contributed by atoms with Gasteiger partial charge in [0.2, 0.25) is 5.91 Å². The fourth-order valence-electron chi connectivity index (χ4n) is 2.51. The highest BCUT2D eigenvalue weighted by Crippen LogP contribution is 2.18. The number of hydrogen-bond donors (Lipinski definition) is 1. The molecule has 0 radical (unpaired) electrons. The maximum atomic E-state index is 12.4. The summed E-state index contributed by atoms with van der Waals surface area (Å²) in [5, 5.41) is 0. The quantitative estimate of drug-likeness (QED) is 0.848.